The molecule has 1 heterocycles. The SMILES string of the molecule is CCCN(CC)Cc1cc(CNC2CC2)co1. The summed E-state index contributed by atoms with van der Waals surface area (Å²) >= 11 is 0. The first-order valence-corrected chi connectivity index (χ1v) is 6.83. The van der Waals surface area contributed by atoms with Crippen molar-refractivity contribution in [2.24, 2.45) is 0 Å². The van der Waals surface area contributed by atoms with Gasteiger partial charge in [-0.15, -0.1) is 0 Å². The lowest BCUT2D eigenvalue weighted by atomic mass is 10.3. The number of furan rings is 1. The Kier molecular flexibility index (Phi) is 4.63. The van der Waals surface area contributed by atoms with E-state index >= 15 is 0 Å². The maximum atomic E-state index is 5.61. The van der Waals surface area contributed by atoms with Gasteiger partial charge < -0.3 is 9.73 Å². The maximum Gasteiger partial charge on any atom is 0.118 e. The zero-order chi connectivity index (χ0) is 12.1. The number of hydrogen-bond acceptors (Lipinski definition) is 3. The Labute approximate surface area is 104 Å². The van der Waals surface area contributed by atoms with Gasteiger partial charge in [0.2, 0.25) is 0 Å². The van der Waals surface area contributed by atoms with Crippen LogP contribution in [-0.4, -0.2) is 24.0 Å². The van der Waals surface area contributed by atoms with Crippen molar-refractivity contribution < 1.29 is 4.42 Å². The van der Waals surface area contributed by atoms with Crippen LogP contribution in [0.25, 0.3) is 0 Å². The molecular formula is C14H24N2O. The minimum absolute atomic E-state index is 0.764. The molecule has 0 amide bonds. The van der Waals surface area contributed by atoms with Crippen molar-refractivity contribution in [3.05, 3.63) is 23.7 Å². The van der Waals surface area contributed by atoms with Crippen molar-refractivity contribution in [3.8, 4) is 0 Å². The summed E-state index contributed by atoms with van der Waals surface area (Å²) in [5.41, 5.74) is 1.28. The summed E-state index contributed by atoms with van der Waals surface area (Å²) in [4.78, 5) is 2.41. The molecule has 2 rings (SSSR count). The second kappa shape index (κ2) is 6.22. The summed E-state index contributed by atoms with van der Waals surface area (Å²) in [5, 5.41) is 3.51. The number of hydrogen-bond donors (Lipinski definition) is 1. The third-order valence-electron chi connectivity index (χ3n) is 3.25. The molecule has 0 spiro atoms. The Bertz CT molecular complexity index is 331. The van der Waals surface area contributed by atoms with Gasteiger partial charge in [0.25, 0.3) is 0 Å². The van der Waals surface area contributed by atoms with E-state index in [1.807, 2.05) is 6.26 Å². The van der Waals surface area contributed by atoms with Crippen LogP contribution in [0.15, 0.2) is 16.7 Å². The number of nitrogens with one attached hydrogen (secondary N) is 1. The molecule has 0 bridgehead atoms. The van der Waals surface area contributed by atoms with Gasteiger partial charge in [0.15, 0.2) is 0 Å². The van der Waals surface area contributed by atoms with Gasteiger partial charge in [-0.05, 0) is 38.4 Å². The first-order valence-electron chi connectivity index (χ1n) is 6.83. The molecule has 0 saturated heterocycles. The predicted octanol–water partition coefficient (Wildman–Crippen LogP) is 2.76. The van der Waals surface area contributed by atoms with Crippen LogP contribution >= 0.6 is 0 Å². The third-order valence-corrected chi connectivity index (χ3v) is 3.25. The average Bonchev–Trinajstić information content (AvgIpc) is 3.06. The zero-order valence-corrected chi connectivity index (χ0v) is 11.0. The van der Waals surface area contributed by atoms with Crippen LogP contribution < -0.4 is 5.32 Å². The summed E-state index contributed by atoms with van der Waals surface area (Å²) in [6.07, 6.45) is 5.77. The largest absolute Gasteiger partial charge is 0.468 e. The Hall–Kier alpha value is -0.800. The fourth-order valence-corrected chi connectivity index (χ4v) is 2.04. The van der Waals surface area contributed by atoms with Gasteiger partial charge in [0.05, 0.1) is 12.8 Å². The molecule has 1 aromatic heterocycles. The monoisotopic (exact) mass is 236 g/mol. The lowest BCUT2D eigenvalue weighted by molar-refractivity contribution is 0.256. The fraction of sp³-hybridized carbons (Fsp3) is 0.714. The molecule has 0 unspecified atom stereocenters. The Morgan fingerprint density at radius 1 is 1.41 bits per heavy atom. The van der Waals surface area contributed by atoms with E-state index in [0.29, 0.717) is 0 Å². The topological polar surface area (TPSA) is 28.4 Å². The molecule has 3 heteroatoms. The van der Waals surface area contributed by atoms with Gasteiger partial charge in [0, 0.05) is 18.2 Å². The van der Waals surface area contributed by atoms with Gasteiger partial charge in [-0.25, -0.2) is 0 Å². The predicted molar refractivity (Wildman–Crippen MR) is 69.8 cm³/mol. The Balaban J connectivity index is 1.79. The third kappa shape index (κ3) is 4.17. The van der Waals surface area contributed by atoms with E-state index in [-0.39, 0.29) is 0 Å². The van der Waals surface area contributed by atoms with E-state index in [4.69, 9.17) is 4.42 Å². The van der Waals surface area contributed by atoms with E-state index in [2.05, 4.69) is 30.1 Å². The van der Waals surface area contributed by atoms with Gasteiger partial charge >= 0.3 is 0 Å². The van der Waals surface area contributed by atoms with Gasteiger partial charge in [0.1, 0.15) is 5.76 Å². The molecule has 1 aliphatic carbocycles. The smallest absolute Gasteiger partial charge is 0.118 e. The van der Waals surface area contributed by atoms with Crippen LogP contribution in [0, 0.1) is 0 Å². The lowest BCUT2D eigenvalue weighted by Crippen LogP contribution is -2.23. The Morgan fingerprint density at radius 3 is 2.88 bits per heavy atom. The molecular weight excluding hydrogens is 212 g/mol. The average molecular weight is 236 g/mol. The van der Waals surface area contributed by atoms with Crippen LogP contribution in [0.3, 0.4) is 0 Å². The van der Waals surface area contributed by atoms with E-state index in [1.165, 1.54) is 24.8 Å². The molecule has 1 fully saturated rings. The van der Waals surface area contributed by atoms with Gasteiger partial charge in [-0.3, -0.25) is 4.90 Å². The summed E-state index contributed by atoms with van der Waals surface area (Å²) in [5.74, 6) is 1.09. The van der Waals surface area contributed by atoms with Crippen LogP contribution in [0.4, 0.5) is 0 Å². The standard InChI is InChI=1S/C14H24N2O/c1-3-7-16(4-2)10-14-8-12(11-17-14)9-15-13-5-6-13/h8,11,13,15H,3-7,9-10H2,1-2H3. The van der Waals surface area contributed by atoms with Crippen LogP contribution in [0.2, 0.25) is 0 Å². The number of nitrogens with zero attached hydrogens (tertiary/aromatic N) is 1. The molecule has 0 aromatic carbocycles. The quantitative estimate of drug-likeness (QED) is 0.752. The van der Waals surface area contributed by atoms with Gasteiger partial charge in [-0.1, -0.05) is 13.8 Å². The van der Waals surface area contributed by atoms with Crippen LogP contribution in [0.1, 0.15) is 44.4 Å². The highest BCUT2D eigenvalue weighted by molar-refractivity contribution is 5.13. The lowest BCUT2D eigenvalue weighted by Gasteiger charge is -2.17. The second-order valence-corrected chi connectivity index (χ2v) is 4.95. The zero-order valence-electron chi connectivity index (χ0n) is 11.0. The van der Waals surface area contributed by atoms with Crippen LogP contribution in [-0.2, 0) is 13.1 Å². The minimum atomic E-state index is 0.764. The van der Waals surface area contributed by atoms with Crippen molar-refractivity contribution in [1.29, 1.82) is 0 Å². The highest BCUT2D eigenvalue weighted by Gasteiger charge is 2.20. The summed E-state index contributed by atoms with van der Waals surface area (Å²) in [6, 6.07) is 2.95. The molecule has 17 heavy (non-hydrogen) atoms. The molecule has 1 aromatic rings. The fourth-order valence-electron chi connectivity index (χ4n) is 2.04. The van der Waals surface area contributed by atoms with Crippen molar-refractivity contribution in [1.82, 2.24) is 10.2 Å². The number of rotatable bonds is 8. The summed E-state index contributed by atoms with van der Waals surface area (Å²) in [6.45, 7) is 8.54. The molecule has 0 atom stereocenters. The summed E-state index contributed by atoms with van der Waals surface area (Å²) in [7, 11) is 0. The van der Waals surface area contributed by atoms with Crippen molar-refractivity contribution in [2.75, 3.05) is 13.1 Å². The van der Waals surface area contributed by atoms with E-state index in [0.717, 1.165) is 38.0 Å². The normalized spacial score (nSPS) is 15.7. The van der Waals surface area contributed by atoms with E-state index < -0.39 is 0 Å². The van der Waals surface area contributed by atoms with Gasteiger partial charge in [-0.2, -0.15) is 0 Å². The van der Waals surface area contributed by atoms with Crippen molar-refractivity contribution >= 4 is 0 Å². The molecule has 1 saturated carbocycles. The molecule has 1 aliphatic rings. The van der Waals surface area contributed by atoms with Crippen LogP contribution in [0.5, 0.6) is 0 Å². The molecule has 0 aliphatic heterocycles. The highest BCUT2D eigenvalue weighted by Crippen LogP contribution is 2.20. The second-order valence-electron chi connectivity index (χ2n) is 4.95. The first-order chi connectivity index (χ1) is 8.31. The molecule has 96 valence electrons. The summed E-state index contributed by atoms with van der Waals surface area (Å²) < 4.78 is 5.61. The molecule has 3 nitrogen and oxygen atoms in total. The molecule has 1 N–H and O–H groups in total. The first kappa shape index (κ1) is 12.7. The van der Waals surface area contributed by atoms with E-state index in [1.54, 1.807) is 0 Å². The highest BCUT2D eigenvalue weighted by atomic mass is 16.3. The maximum absolute atomic E-state index is 5.61. The molecule has 0 radical (unpaired) electrons. The Morgan fingerprint density at radius 2 is 2.24 bits per heavy atom. The van der Waals surface area contributed by atoms with Crippen molar-refractivity contribution in [3.63, 3.8) is 0 Å². The van der Waals surface area contributed by atoms with Crippen molar-refractivity contribution in [2.45, 2.75) is 52.2 Å². The minimum Gasteiger partial charge on any atom is -0.468 e. The van der Waals surface area contributed by atoms with E-state index in [9.17, 15) is 0 Å².